The highest BCUT2D eigenvalue weighted by molar-refractivity contribution is 7.91. The summed E-state index contributed by atoms with van der Waals surface area (Å²) < 4.78 is 31.8. The number of ether oxygens (including phenoxy) is 1. The number of pyridine rings is 1. The van der Waals surface area contributed by atoms with Gasteiger partial charge in [-0.05, 0) is 30.7 Å². The van der Waals surface area contributed by atoms with Gasteiger partial charge in [0.15, 0.2) is 0 Å². The Hall–Kier alpha value is -2.28. The van der Waals surface area contributed by atoms with Gasteiger partial charge in [-0.25, -0.2) is 13.4 Å². The molecule has 1 aromatic carbocycles. The SMILES string of the molecule is CCOc1ccc(NS(=O)(=O)Cc2ccc(N)cc2)cn1. The summed E-state index contributed by atoms with van der Waals surface area (Å²) in [7, 11) is -3.50. The van der Waals surface area contributed by atoms with Gasteiger partial charge in [-0.3, -0.25) is 4.72 Å². The third-order valence-electron chi connectivity index (χ3n) is 2.64. The minimum absolute atomic E-state index is 0.125. The van der Waals surface area contributed by atoms with E-state index < -0.39 is 10.0 Å². The molecular weight excluding hydrogens is 290 g/mol. The average Bonchev–Trinajstić information content (AvgIpc) is 2.43. The van der Waals surface area contributed by atoms with Crippen LogP contribution in [0.25, 0.3) is 0 Å². The van der Waals surface area contributed by atoms with Crippen molar-refractivity contribution in [2.45, 2.75) is 12.7 Å². The normalized spacial score (nSPS) is 11.1. The van der Waals surface area contributed by atoms with Crippen molar-refractivity contribution in [2.24, 2.45) is 0 Å². The van der Waals surface area contributed by atoms with E-state index in [0.717, 1.165) is 0 Å². The van der Waals surface area contributed by atoms with Crippen LogP contribution in [0.15, 0.2) is 42.6 Å². The molecule has 0 radical (unpaired) electrons. The maximum atomic E-state index is 12.1. The Morgan fingerprint density at radius 3 is 2.48 bits per heavy atom. The van der Waals surface area contributed by atoms with Crippen LogP contribution in [-0.2, 0) is 15.8 Å². The van der Waals surface area contributed by atoms with E-state index in [1.807, 2.05) is 6.92 Å². The average molecular weight is 307 g/mol. The highest BCUT2D eigenvalue weighted by Gasteiger charge is 2.12. The summed E-state index contributed by atoms with van der Waals surface area (Å²) in [5, 5.41) is 0. The van der Waals surface area contributed by atoms with Gasteiger partial charge >= 0.3 is 0 Å². The minimum atomic E-state index is -3.50. The maximum absolute atomic E-state index is 12.1. The Morgan fingerprint density at radius 2 is 1.90 bits per heavy atom. The van der Waals surface area contributed by atoms with Gasteiger partial charge in [0, 0.05) is 11.8 Å². The molecule has 6 nitrogen and oxygen atoms in total. The van der Waals surface area contributed by atoms with Gasteiger partial charge in [0.05, 0.1) is 24.2 Å². The van der Waals surface area contributed by atoms with E-state index in [1.54, 1.807) is 36.4 Å². The molecule has 0 atom stereocenters. The van der Waals surface area contributed by atoms with Gasteiger partial charge in [-0.2, -0.15) is 0 Å². The zero-order valence-electron chi connectivity index (χ0n) is 11.6. The van der Waals surface area contributed by atoms with Gasteiger partial charge in [-0.15, -0.1) is 0 Å². The summed E-state index contributed by atoms with van der Waals surface area (Å²) in [6.45, 7) is 2.36. The van der Waals surface area contributed by atoms with Crippen LogP contribution in [0.5, 0.6) is 5.88 Å². The van der Waals surface area contributed by atoms with Crippen LogP contribution in [0.4, 0.5) is 11.4 Å². The number of nitrogens with one attached hydrogen (secondary N) is 1. The summed E-state index contributed by atoms with van der Waals surface area (Å²) >= 11 is 0. The third kappa shape index (κ3) is 4.64. The van der Waals surface area contributed by atoms with Crippen molar-refractivity contribution in [1.29, 1.82) is 0 Å². The lowest BCUT2D eigenvalue weighted by atomic mass is 10.2. The zero-order chi connectivity index (χ0) is 15.3. The first kappa shape index (κ1) is 15.1. The largest absolute Gasteiger partial charge is 0.478 e. The Labute approximate surface area is 124 Å². The predicted molar refractivity (Wildman–Crippen MR) is 82.5 cm³/mol. The fraction of sp³-hybridized carbons (Fsp3) is 0.214. The van der Waals surface area contributed by atoms with Gasteiger partial charge < -0.3 is 10.5 Å². The molecule has 1 aromatic heterocycles. The molecule has 0 aliphatic carbocycles. The van der Waals surface area contributed by atoms with Gasteiger partial charge in [-0.1, -0.05) is 12.1 Å². The van der Waals surface area contributed by atoms with E-state index in [4.69, 9.17) is 10.5 Å². The molecule has 3 N–H and O–H groups in total. The molecule has 2 aromatic rings. The van der Waals surface area contributed by atoms with Gasteiger partial charge in [0.1, 0.15) is 0 Å². The number of benzene rings is 1. The molecule has 112 valence electrons. The van der Waals surface area contributed by atoms with Crippen LogP contribution in [0.2, 0.25) is 0 Å². The van der Waals surface area contributed by atoms with Crippen molar-refractivity contribution in [2.75, 3.05) is 17.1 Å². The summed E-state index contributed by atoms with van der Waals surface area (Å²) in [6, 6.07) is 9.94. The predicted octanol–water partition coefficient (Wildman–Crippen LogP) is 2.00. The van der Waals surface area contributed by atoms with Crippen LogP contribution in [-0.4, -0.2) is 20.0 Å². The smallest absolute Gasteiger partial charge is 0.236 e. The Balaban J connectivity index is 2.04. The molecule has 0 saturated heterocycles. The Bertz CT molecular complexity index is 682. The number of aromatic nitrogens is 1. The minimum Gasteiger partial charge on any atom is -0.478 e. The second-order valence-corrected chi connectivity index (χ2v) is 6.14. The zero-order valence-corrected chi connectivity index (χ0v) is 12.4. The Kier molecular flexibility index (Phi) is 4.64. The van der Waals surface area contributed by atoms with Crippen LogP contribution in [0.1, 0.15) is 12.5 Å². The molecule has 0 unspecified atom stereocenters. The summed E-state index contributed by atoms with van der Waals surface area (Å²) in [5.74, 6) is 0.333. The molecule has 0 saturated carbocycles. The Morgan fingerprint density at radius 1 is 1.19 bits per heavy atom. The molecule has 0 aliphatic heterocycles. The lowest BCUT2D eigenvalue weighted by molar-refractivity contribution is 0.327. The van der Waals surface area contributed by atoms with Crippen molar-refractivity contribution in [3.8, 4) is 5.88 Å². The summed E-state index contributed by atoms with van der Waals surface area (Å²) in [6.07, 6.45) is 1.42. The van der Waals surface area contributed by atoms with Gasteiger partial charge in [0.25, 0.3) is 0 Å². The van der Waals surface area contributed by atoms with Crippen molar-refractivity contribution in [1.82, 2.24) is 4.98 Å². The quantitative estimate of drug-likeness (QED) is 0.796. The molecule has 21 heavy (non-hydrogen) atoms. The van der Waals surface area contributed by atoms with E-state index in [2.05, 4.69) is 9.71 Å². The molecule has 0 spiro atoms. The van der Waals surface area contributed by atoms with Crippen LogP contribution in [0, 0.1) is 0 Å². The first-order chi connectivity index (χ1) is 9.98. The van der Waals surface area contributed by atoms with E-state index >= 15 is 0 Å². The maximum Gasteiger partial charge on any atom is 0.236 e. The number of sulfonamides is 1. The lowest BCUT2D eigenvalue weighted by Gasteiger charge is -2.09. The molecule has 7 heteroatoms. The topological polar surface area (TPSA) is 94.3 Å². The van der Waals surface area contributed by atoms with Crippen molar-refractivity contribution in [3.63, 3.8) is 0 Å². The number of hydrogen-bond acceptors (Lipinski definition) is 5. The molecular formula is C14H17N3O3S. The van der Waals surface area contributed by atoms with Crippen molar-refractivity contribution < 1.29 is 13.2 Å². The van der Waals surface area contributed by atoms with Crippen molar-refractivity contribution >= 4 is 21.4 Å². The lowest BCUT2D eigenvalue weighted by Crippen LogP contribution is -2.15. The highest BCUT2D eigenvalue weighted by atomic mass is 32.2. The number of nitrogens with zero attached hydrogens (tertiary/aromatic N) is 1. The standard InChI is InChI=1S/C14H17N3O3S/c1-2-20-14-8-7-13(9-16-14)17-21(18,19)10-11-3-5-12(15)6-4-11/h3-9,17H,2,10,15H2,1H3. The number of nitrogens with two attached hydrogens (primary N) is 1. The number of nitrogen functional groups attached to an aromatic ring is 1. The molecule has 2 rings (SSSR count). The number of rotatable bonds is 6. The number of hydrogen-bond donors (Lipinski definition) is 2. The van der Waals surface area contributed by atoms with E-state index in [9.17, 15) is 8.42 Å². The van der Waals surface area contributed by atoms with Crippen molar-refractivity contribution in [3.05, 3.63) is 48.2 Å². The van der Waals surface area contributed by atoms with E-state index in [0.29, 0.717) is 29.4 Å². The first-order valence-corrected chi connectivity index (χ1v) is 8.07. The number of anilines is 2. The van der Waals surface area contributed by atoms with Crippen LogP contribution < -0.4 is 15.2 Å². The monoisotopic (exact) mass is 307 g/mol. The van der Waals surface area contributed by atoms with Crippen LogP contribution in [0.3, 0.4) is 0 Å². The summed E-state index contributed by atoms with van der Waals surface area (Å²) in [5.41, 5.74) is 7.22. The highest BCUT2D eigenvalue weighted by Crippen LogP contribution is 2.15. The third-order valence-corrected chi connectivity index (χ3v) is 3.90. The second kappa shape index (κ2) is 6.45. The molecule has 0 amide bonds. The first-order valence-electron chi connectivity index (χ1n) is 6.42. The molecule has 0 fully saturated rings. The van der Waals surface area contributed by atoms with E-state index in [-0.39, 0.29) is 5.75 Å². The van der Waals surface area contributed by atoms with Gasteiger partial charge in [0.2, 0.25) is 15.9 Å². The molecule has 0 bridgehead atoms. The molecule has 1 heterocycles. The molecule has 0 aliphatic rings. The second-order valence-electron chi connectivity index (χ2n) is 4.42. The fourth-order valence-corrected chi connectivity index (χ4v) is 2.91. The fourth-order valence-electron chi connectivity index (χ4n) is 1.72. The van der Waals surface area contributed by atoms with E-state index in [1.165, 1.54) is 6.20 Å². The summed E-state index contributed by atoms with van der Waals surface area (Å²) in [4.78, 5) is 4.01. The van der Waals surface area contributed by atoms with Crippen LogP contribution >= 0.6 is 0 Å².